The second-order valence-corrected chi connectivity index (χ2v) is 8.50. The first-order chi connectivity index (χ1) is 10.9. The second kappa shape index (κ2) is 8.13. The highest BCUT2D eigenvalue weighted by Crippen LogP contribution is 2.24. The normalized spacial score (nSPS) is 20.0. The minimum absolute atomic E-state index is 0.136. The average Bonchev–Trinajstić information content (AvgIpc) is 2.95. The molecule has 1 unspecified atom stereocenters. The van der Waals surface area contributed by atoms with Crippen molar-refractivity contribution in [1.29, 1.82) is 0 Å². The molecule has 1 saturated heterocycles. The van der Waals surface area contributed by atoms with Gasteiger partial charge in [0.05, 0.1) is 10.7 Å². The summed E-state index contributed by atoms with van der Waals surface area (Å²) in [6, 6.07) is 0. The SMILES string of the molecule is CCNC(=NCCc1nc(C(C)(C)C)cs1)N1CCCC(C)C1. The molecule has 1 fully saturated rings. The molecule has 0 radical (unpaired) electrons. The minimum Gasteiger partial charge on any atom is -0.357 e. The number of rotatable bonds is 4. The number of aliphatic imine (C=N–C) groups is 1. The highest BCUT2D eigenvalue weighted by molar-refractivity contribution is 7.09. The Bertz CT molecular complexity index is 515. The molecule has 1 atom stereocenters. The summed E-state index contributed by atoms with van der Waals surface area (Å²) < 4.78 is 0. The number of guanidine groups is 1. The van der Waals surface area contributed by atoms with Crippen molar-refractivity contribution in [2.75, 3.05) is 26.2 Å². The van der Waals surface area contributed by atoms with E-state index in [0.29, 0.717) is 0 Å². The molecule has 2 heterocycles. The monoisotopic (exact) mass is 336 g/mol. The first-order valence-corrected chi connectivity index (χ1v) is 9.76. The van der Waals surface area contributed by atoms with Crippen molar-refractivity contribution in [2.45, 2.75) is 59.3 Å². The predicted octanol–water partition coefficient (Wildman–Crippen LogP) is 3.68. The van der Waals surface area contributed by atoms with Crippen LogP contribution in [-0.4, -0.2) is 42.0 Å². The molecule has 0 saturated carbocycles. The van der Waals surface area contributed by atoms with Gasteiger partial charge in [0.2, 0.25) is 0 Å². The highest BCUT2D eigenvalue weighted by atomic mass is 32.1. The van der Waals surface area contributed by atoms with Crippen LogP contribution in [0.2, 0.25) is 0 Å². The van der Waals surface area contributed by atoms with Crippen molar-refractivity contribution in [3.63, 3.8) is 0 Å². The highest BCUT2D eigenvalue weighted by Gasteiger charge is 2.19. The number of nitrogens with one attached hydrogen (secondary N) is 1. The molecule has 130 valence electrons. The number of likely N-dealkylation sites (tertiary alicyclic amines) is 1. The number of nitrogens with zero attached hydrogens (tertiary/aromatic N) is 3. The second-order valence-electron chi connectivity index (χ2n) is 7.56. The van der Waals surface area contributed by atoms with E-state index in [0.717, 1.165) is 44.5 Å². The van der Waals surface area contributed by atoms with Crippen LogP contribution >= 0.6 is 11.3 Å². The van der Waals surface area contributed by atoms with E-state index in [1.807, 2.05) is 0 Å². The summed E-state index contributed by atoms with van der Waals surface area (Å²) in [7, 11) is 0. The summed E-state index contributed by atoms with van der Waals surface area (Å²) >= 11 is 1.76. The molecule has 1 aliphatic heterocycles. The van der Waals surface area contributed by atoms with Crippen molar-refractivity contribution in [2.24, 2.45) is 10.9 Å². The van der Waals surface area contributed by atoms with Gasteiger partial charge in [-0.25, -0.2) is 4.98 Å². The Morgan fingerprint density at radius 2 is 2.26 bits per heavy atom. The van der Waals surface area contributed by atoms with Crippen molar-refractivity contribution < 1.29 is 0 Å². The fourth-order valence-corrected chi connectivity index (χ4v) is 3.85. The van der Waals surface area contributed by atoms with Gasteiger partial charge in [-0.2, -0.15) is 0 Å². The van der Waals surface area contributed by atoms with E-state index in [1.165, 1.54) is 23.5 Å². The van der Waals surface area contributed by atoms with Gasteiger partial charge in [-0.1, -0.05) is 27.7 Å². The molecule has 1 N–H and O–H groups in total. The smallest absolute Gasteiger partial charge is 0.193 e. The van der Waals surface area contributed by atoms with Crippen molar-refractivity contribution >= 4 is 17.3 Å². The van der Waals surface area contributed by atoms with Gasteiger partial charge in [-0.05, 0) is 25.7 Å². The Morgan fingerprint density at radius 3 is 2.87 bits per heavy atom. The number of hydrogen-bond acceptors (Lipinski definition) is 3. The summed E-state index contributed by atoms with van der Waals surface area (Å²) in [5.41, 5.74) is 1.33. The Labute approximate surface area is 145 Å². The zero-order valence-corrected chi connectivity index (χ0v) is 16.2. The molecule has 5 heteroatoms. The number of thiazole rings is 1. The van der Waals surface area contributed by atoms with E-state index in [4.69, 9.17) is 9.98 Å². The Hall–Kier alpha value is -1.10. The molecule has 2 rings (SSSR count). The molecular formula is C18H32N4S. The lowest BCUT2D eigenvalue weighted by Gasteiger charge is -2.33. The number of piperidine rings is 1. The summed E-state index contributed by atoms with van der Waals surface area (Å²) in [5, 5.41) is 6.83. The van der Waals surface area contributed by atoms with Crippen LogP contribution in [0, 0.1) is 5.92 Å². The van der Waals surface area contributed by atoms with Crippen LogP contribution in [0.1, 0.15) is 58.2 Å². The third kappa shape index (κ3) is 5.48. The zero-order valence-electron chi connectivity index (χ0n) is 15.4. The van der Waals surface area contributed by atoms with E-state index < -0.39 is 0 Å². The fraction of sp³-hybridized carbons (Fsp3) is 0.778. The lowest BCUT2D eigenvalue weighted by Crippen LogP contribution is -2.46. The van der Waals surface area contributed by atoms with Gasteiger partial charge in [0.15, 0.2) is 5.96 Å². The van der Waals surface area contributed by atoms with Crippen molar-refractivity contribution in [1.82, 2.24) is 15.2 Å². The molecule has 0 bridgehead atoms. The largest absolute Gasteiger partial charge is 0.357 e. The summed E-state index contributed by atoms with van der Waals surface area (Å²) in [4.78, 5) is 12.0. The molecule has 4 nitrogen and oxygen atoms in total. The van der Waals surface area contributed by atoms with Crippen LogP contribution in [0.3, 0.4) is 0 Å². The van der Waals surface area contributed by atoms with E-state index in [-0.39, 0.29) is 5.41 Å². The Morgan fingerprint density at radius 1 is 1.48 bits per heavy atom. The lowest BCUT2D eigenvalue weighted by atomic mass is 9.93. The molecule has 0 amide bonds. The van der Waals surface area contributed by atoms with Crippen molar-refractivity contribution in [3.8, 4) is 0 Å². The number of aromatic nitrogens is 1. The summed E-state index contributed by atoms with van der Waals surface area (Å²) in [6.07, 6.45) is 3.54. The van der Waals surface area contributed by atoms with Crippen LogP contribution in [0.5, 0.6) is 0 Å². The maximum absolute atomic E-state index is 4.84. The van der Waals surface area contributed by atoms with E-state index in [1.54, 1.807) is 11.3 Å². The quantitative estimate of drug-likeness (QED) is 0.673. The third-order valence-corrected chi connectivity index (χ3v) is 5.11. The van der Waals surface area contributed by atoms with Crippen LogP contribution < -0.4 is 5.32 Å². The molecular weight excluding hydrogens is 304 g/mol. The number of hydrogen-bond donors (Lipinski definition) is 1. The predicted molar refractivity (Wildman–Crippen MR) is 100 cm³/mol. The topological polar surface area (TPSA) is 40.5 Å². The van der Waals surface area contributed by atoms with Crippen LogP contribution in [0.25, 0.3) is 0 Å². The van der Waals surface area contributed by atoms with E-state index in [9.17, 15) is 0 Å². The van der Waals surface area contributed by atoms with Gasteiger partial charge in [0, 0.05) is 43.4 Å². The van der Waals surface area contributed by atoms with E-state index >= 15 is 0 Å². The first-order valence-electron chi connectivity index (χ1n) is 8.88. The van der Waals surface area contributed by atoms with Crippen LogP contribution in [0.15, 0.2) is 10.4 Å². The van der Waals surface area contributed by atoms with E-state index in [2.05, 4.69) is 50.2 Å². The molecule has 0 spiro atoms. The average molecular weight is 337 g/mol. The fourth-order valence-electron chi connectivity index (χ4n) is 2.84. The molecule has 1 aromatic rings. The molecule has 23 heavy (non-hydrogen) atoms. The van der Waals surface area contributed by atoms with Gasteiger partial charge in [0.25, 0.3) is 0 Å². The zero-order chi connectivity index (χ0) is 16.9. The molecule has 0 aliphatic carbocycles. The van der Waals surface area contributed by atoms with Gasteiger partial charge >= 0.3 is 0 Å². The first kappa shape index (κ1) is 18.2. The molecule has 0 aromatic carbocycles. The Kier molecular flexibility index (Phi) is 6.45. The van der Waals surface area contributed by atoms with Crippen LogP contribution in [0.4, 0.5) is 0 Å². The maximum Gasteiger partial charge on any atom is 0.193 e. The lowest BCUT2D eigenvalue weighted by molar-refractivity contribution is 0.266. The van der Waals surface area contributed by atoms with Gasteiger partial charge in [0.1, 0.15) is 0 Å². The molecule has 1 aromatic heterocycles. The van der Waals surface area contributed by atoms with Gasteiger partial charge < -0.3 is 10.2 Å². The third-order valence-electron chi connectivity index (χ3n) is 4.20. The summed E-state index contributed by atoms with van der Waals surface area (Å²) in [6.45, 7) is 15.1. The minimum atomic E-state index is 0.136. The Balaban J connectivity index is 1.94. The van der Waals surface area contributed by atoms with Crippen molar-refractivity contribution in [3.05, 3.63) is 16.1 Å². The van der Waals surface area contributed by atoms with Crippen LogP contribution in [-0.2, 0) is 11.8 Å². The molecule has 1 aliphatic rings. The van der Waals surface area contributed by atoms with Gasteiger partial charge in [-0.15, -0.1) is 11.3 Å². The van der Waals surface area contributed by atoms with Gasteiger partial charge in [-0.3, -0.25) is 4.99 Å². The standard InChI is InChI=1S/C18H32N4S/c1-6-19-17(22-11-7-8-14(2)12-22)20-10-9-16-21-15(13-23-16)18(3,4)5/h13-14H,6-12H2,1-5H3,(H,19,20). The summed E-state index contributed by atoms with van der Waals surface area (Å²) in [5.74, 6) is 1.84. The maximum atomic E-state index is 4.84.